The maximum absolute atomic E-state index is 7.30. The second kappa shape index (κ2) is 6.06. The molecule has 2 aromatic rings. The van der Waals surface area contributed by atoms with Crippen molar-refractivity contribution in [3.8, 4) is 0 Å². The third-order valence-electron chi connectivity index (χ3n) is 2.37. The number of nitrogens with one attached hydrogen (secondary N) is 1. The Bertz CT molecular complexity index is 483. The van der Waals surface area contributed by atoms with Crippen LogP contribution in [0.4, 0.5) is 5.13 Å². The summed E-state index contributed by atoms with van der Waals surface area (Å²) in [4.78, 5) is 6.14. The maximum Gasteiger partial charge on any atom is 0.208 e. The first-order valence-electron chi connectivity index (χ1n) is 5.48. The van der Waals surface area contributed by atoms with Gasteiger partial charge in [0.1, 0.15) is 5.51 Å². The molecule has 0 aliphatic carbocycles. The molecule has 2 aromatic heterocycles. The lowest BCUT2D eigenvalue weighted by Gasteiger charge is -2.20. The summed E-state index contributed by atoms with van der Waals surface area (Å²) in [5, 5.41) is 16.0. The van der Waals surface area contributed by atoms with Crippen LogP contribution in [0.15, 0.2) is 30.0 Å². The number of anilines is 1. The molecule has 18 heavy (non-hydrogen) atoms. The van der Waals surface area contributed by atoms with Gasteiger partial charge in [-0.2, -0.15) is 0 Å². The Labute approximate surface area is 109 Å². The van der Waals surface area contributed by atoms with Crippen molar-refractivity contribution < 1.29 is 0 Å². The van der Waals surface area contributed by atoms with Gasteiger partial charge in [-0.05, 0) is 11.6 Å². The molecular weight excluding hydrogens is 248 g/mol. The van der Waals surface area contributed by atoms with Gasteiger partial charge < -0.3 is 10.6 Å². The highest BCUT2D eigenvalue weighted by Crippen LogP contribution is 2.18. The monoisotopic (exact) mass is 262 g/mol. The Morgan fingerprint density at radius 3 is 3.00 bits per heavy atom. The van der Waals surface area contributed by atoms with E-state index in [2.05, 4.69) is 20.1 Å². The van der Waals surface area contributed by atoms with Crippen molar-refractivity contribution in [1.29, 1.82) is 5.41 Å². The van der Waals surface area contributed by atoms with Crippen LogP contribution in [-0.2, 0) is 6.54 Å². The molecule has 0 saturated carbocycles. The number of nitrogens with zero attached hydrogens (tertiary/aromatic N) is 4. The molecule has 3 N–H and O–H groups in total. The van der Waals surface area contributed by atoms with Crippen LogP contribution >= 0.6 is 11.3 Å². The topological polar surface area (TPSA) is 91.8 Å². The molecule has 6 nitrogen and oxygen atoms in total. The van der Waals surface area contributed by atoms with Crippen LogP contribution in [0.5, 0.6) is 0 Å². The van der Waals surface area contributed by atoms with E-state index < -0.39 is 0 Å². The van der Waals surface area contributed by atoms with E-state index in [1.807, 2.05) is 18.3 Å². The average molecular weight is 262 g/mol. The molecule has 0 aromatic carbocycles. The second-order valence-corrected chi connectivity index (χ2v) is 4.59. The SMILES string of the molecule is N=C(N)CCN(Cc1cccnc1)c1nncs1. The van der Waals surface area contributed by atoms with Crippen LogP contribution in [0.2, 0.25) is 0 Å². The van der Waals surface area contributed by atoms with Crippen molar-refractivity contribution in [2.45, 2.75) is 13.0 Å². The summed E-state index contributed by atoms with van der Waals surface area (Å²) in [5.41, 5.74) is 8.19. The number of aromatic nitrogens is 3. The van der Waals surface area contributed by atoms with Crippen molar-refractivity contribution >= 4 is 22.3 Å². The van der Waals surface area contributed by atoms with Gasteiger partial charge in [-0.3, -0.25) is 10.4 Å². The Balaban J connectivity index is 2.07. The van der Waals surface area contributed by atoms with Gasteiger partial charge in [0.2, 0.25) is 5.13 Å². The van der Waals surface area contributed by atoms with E-state index in [1.54, 1.807) is 11.7 Å². The molecule has 2 heterocycles. The molecule has 0 spiro atoms. The molecule has 0 atom stereocenters. The van der Waals surface area contributed by atoms with Gasteiger partial charge in [-0.25, -0.2) is 0 Å². The highest BCUT2D eigenvalue weighted by atomic mass is 32.1. The first-order valence-corrected chi connectivity index (χ1v) is 6.36. The Morgan fingerprint density at radius 1 is 1.50 bits per heavy atom. The quantitative estimate of drug-likeness (QED) is 0.604. The number of amidine groups is 1. The Kier molecular flexibility index (Phi) is 4.19. The van der Waals surface area contributed by atoms with E-state index >= 15 is 0 Å². The van der Waals surface area contributed by atoms with Crippen molar-refractivity contribution in [1.82, 2.24) is 15.2 Å². The number of hydrogen-bond acceptors (Lipinski definition) is 6. The van der Waals surface area contributed by atoms with Crippen LogP contribution in [0, 0.1) is 5.41 Å². The first kappa shape index (κ1) is 12.4. The minimum Gasteiger partial charge on any atom is -0.388 e. The fraction of sp³-hybridized carbons (Fsp3) is 0.273. The summed E-state index contributed by atoms with van der Waals surface area (Å²) < 4.78 is 0. The van der Waals surface area contributed by atoms with Crippen LogP contribution < -0.4 is 10.6 Å². The van der Waals surface area contributed by atoms with Crippen molar-refractivity contribution in [2.75, 3.05) is 11.4 Å². The van der Waals surface area contributed by atoms with Crippen molar-refractivity contribution in [2.24, 2.45) is 5.73 Å². The molecular formula is C11H14N6S. The number of nitrogens with two attached hydrogens (primary N) is 1. The fourth-order valence-electron chi connectivity index (χ4n) is 1.51. The van der Waals surface area contributed by atoms with E-state index in [0.717, 1.165) is 10.7 Å². The normalized spacial score (nSPS) is 10.2. The molecule has 0 aliphatic heterocycles. The summed E-state index contributed by atoms with van der Waals surface area (Å²) in [5.74, 6) is 0.177. The van der Waals surface area contributed by atoms with E-state index in [9.17, 15) is 0 Å². The van der Waals surface area contributed by atoms with Gasteiger partial charge in [-0.1, -0.05) is 17.4 Å². The number of hydrogen-bond donors (Lipinski definition) is 2. The van der Waals surface area contributed by atoms with Crippen molar-refractivity contribution in [3.05, 3.63) is 35.6 Å². The number of pyridine rings is 1. The summed E-state index contributed by atoms with van der Waals surface area (Å²) in [7, 11) is 0. The summed E-state index contributed by atoms with van der Waals surface area (Å²) in [6, 6.07) is 3.91. The second-order valence-electron chi connectivity index (χ2n) is 3.78. The molecule has 0 unspecified atom stereocenters. The lowest BCUT2D eigenvalue weighted by atomic mass is 10.2. The molecule has 94 valence electrons. The van der Waals surface area contributed by atoms with E-state index in [-0.39, 0.29) is 5.84 Å². The van der Waals surface area contributed by atoms with Gasteiger partial charge in [-0.15, -0.1) is 10.2 Å². The lowest BCUT2D eigenvalue weighted by Crippen LogP contribution is -2.27. The molecule has 0 saturated heterocycles. The smallest absolute Gasteiger partial charge is 0.208 e. The van der Waals surface area contributed by atoms with E-state index in [0.29, 0.717) is 19.5 Å². The third kappa shape index (κ3) is 3.49. The average Bonchev–Trinajstić information content (AvgIpc) is 2.89. The Hall–Kier alpha value is -2.02. The highest BCUT2D eigenvalue weighted by molar-refractivity contribution is 7.13. The fourth-order valence-corrected chi connectivity index (χ4v) is 2.10. The molecule has 0 bridgehead atoms. The minimum absolute atomic E-state index is 0.177. The summed E-state index contributed by atoms with van der Waals surface area (Å²) in [6.07, 6.45) is 4.08. The minimum atomic E-state index is 0.177. The first-order chi connectivity index (χ1) is 8.75. The van der Waals surface area contributed by atoms with Gasteiger partial charge in [0.05, 0.1) is 5.84 Å². The molecule has 0 amide bonds. The summed E-state index contributed by atoms with van der Waals surface area (Å²) >= 11 is 1.47. The highest BCUT2D eigenvalue weighted by Gasteiger charge is 2.11. The van der Waals surface area contributed by atoms with Gasteiger partial charge >= 0.3 is 0 Å². The zero-order valence-corrected chi connectivity index (χ0v) is 10.6. The predicted octanol–water partition coefficient (Wildman–Crippen LogP) is 1.27. The maximum atomic E-state index is 7.30. The van der Waals surface area contributed by atoms with Crippen LogP contribution in [-0.4, -0.2) is 27.6 Å². The lowest BCUT2D eigenvalue weighted by molar-refractivity contribution is 0.786. The third-order valence-corrected chi connectivity index (χ3v) is 3.12. The van der Waals surface area contributed by atoms with Gasteiger partial charge in [0, 0.05) is 31.9 Å². The molecule has 0 fully saturated rings. The Morgan fingerprint density at radius 2 is 2.39 bits per heavy atom. The molecule has 0 aliphatic rings. The predicted molar refractivity (Wildman–Crippen MR) is 71.7 cm³/mol. The standard InChI is InChI=1S/C11H14N6S/c12-10(13)3-5-17(11-16-15-8-18-11)7-9-2-1-4-14-6-9/h1-2,4,6,8H,3,5,7H2,(H3,12,13). The van der Waals surface area contributed by atoms with Crippen LogP contribution in [0.1, 0.15) is 12.0 Å². The molecule has 0 radical (unpaired) electrons. The van der Waals surface area contributed by atoms with Gasteiger partial charge in [0.15, 0.2) is 0 Å². The number of rotatable bonds is 6. The van der Waals surface area contributed by atoms with Crippen LogP contribution in [0.3, 0.4) is 0 Å². The van der Waals surface area contributed by atoms with Crippen molar-refractivity contribution in [3.63, 3.8) is 0 Å². The van der Waals surface area contributed by atoms with E-state index in [4.69, 9.17) is 11.1 Å². The van der Waals surface area contributed by atoms with Crippen LogP contribution in [0.25, 0.3) is 0 Å². The van der Waals surface area contributed by atoms with Gasteiger partial charge in [0.25, 0.3) is 0 Å². The van der Waals surface area contributed by atoms with E-state index in [1.165, 1.54) is 11.3 Å². The zero-order chi connectivity index (χ0) is 12.8. The summed E-state index contributed by atoms with van der Waals surface area (Å²) in [6.45, 7) is 1.34. The zero-order valence-electron chi connectivity index (χ0n) is 9.78. The molecule has 7 heteroatoms. The largest absolute Gasteiger partial charge is 0.388 e. The molecule has 2 rings (SSSR count).